The number of nitrogens with one attached hydrogen (secondary N) is 1. The lowest BCUT2D eigenvalue weighted by atomic mass is 10.1. The van der Waals surface area contributed by atoms with Crippen LogP contribution in [0.15, 0.2) is 34.4 Å². The smallest absolute Gasteiger partial charge is 0.260 e. The quantitative estimate of drug-likeness (QED) is 0.719. The summed E-state index contributed by atoms with van der Waals surface area (Å²) in [5.41, 5.74) is 1.82. The molecule has 0 aliphatic carbocycles. The predicted octanol–water partition coefficient (Wildman–Crippen LogP) is 3.60. The summed E-state index contributed by atoms with van der Waals surface area (Å²) in [6, 6.07) is 7.68. The molecule has 21 heavy (non-hydrogen) atoms. The van der Waals surface area contributed by atoms with Crippen LogP contribution in [0, 0.1) is 0 Å². The van der Waals surface area contributed by atoms with Crippen LogP contribution in [-0.2, 0) is 6.42 Å². The Morgan fingerprint density at radius 3 is 2.76 bits per heavy atom. The Morgan fingerprint density at radius 2 is 2.10 bits per heavy atom. The van der Waals surface area contributed by atoms with Gasteiger partial charge in [-0.2, -0.15) is 0 Å². The fourth-order valence-electron chi connectivity index (χ4n) is 2.18. The Kier molecular flexibility index (Phi) is 4.07. The van der Waals surface area contributed by atoms with E-state index >= 15 is 0 Å². The highest BCUT2D eigenvalue weighted by Gasteiger charge is 2.12. The van der Waals surface area contributed by atoms with Gasteiger partial charge in [0.25, 0.3) is 5.56 Å². The number of thiophene rings is 1. The molecule has 0 aliphatic heterocycles. The van der Waals surface area contributed by atoms with Crippen LogP contribution in [0.2, 0.25) is 0 Å². The minimum absolute atomic E-state index is 0.0805. The molecule has 0 saturated carbocycles. The Balaban J connectivity index is 2.13. The third kappa shape index (κ3) is 2.73. The zero-order valence-corrected chi connectivity index (χ0v) is 13.8. The summed E-state index contributed by atoms with van der Waals surface area (Å²) < 4.78 is 5.16. The fraction of sp³-hybridized carbons (Fsp3) is 0.200. The van der Waals surface area contributed by atoms with Gasteiger partial charge in [-0.3, -0.25) is 4.79 Å². The van der Waals surface area contributed by atoms with E-state index in [-0.39, 0.29) is 5.56 Å². The van der Waals surface area contributed by atoms with Crippen LogP contribution in [0.4, 0.5) is 0 Å². The number of ether oxygens (including phenoxy) is 1. The van der Waals surface area contributed by atoms with E-state index in [0.717, 1.165) is 27.0 Å². The van der Waals surface area contributed by atoms with Crippen molar-refractivity contribution in [1.82, 2.24) is 9.97 Å². The molecule has 0 amide bonds. The van der Waals surface area contributed by atoms with Crippen molar-refractivity contribution in [2.24, 2.45) is 0 Å². The van der Waals surface area contributed by atoms with Gasteiger partial charge in [0, 0.05) is 22.7 Å². The molecule has 0 spiro atoms. The first kappa shape index (κ1) is 14.3. The number of nitrogens with zero attached hydrogens (tertiary/aromatic N) is 1. The largest absolute Gasteiger partial charge is 0.497 e. The van der Waals surface area contributed by atoms with Gasteiger partial charge in [0.2, 0.25) is 0 Å². The van der Waals surface area contributed by atoms with E-state index in [4.69, 9.17) is 4.74 Å². The maximum Gasteiger partial charge on any atom is 0.260 e. The monoisotopic (exact) mass is 364 g/mol. The average molecular weight is 365 g/mol. The molecule has 0 atom stereocenters. The van der Waals surface area contributed by atoms with E-state index in [1.54, 1.807) is 7.11 Å². The summed E-state index contributed by atoms with van der Waals surface area (Å²) in [6.07, 6.45) is 0.709. The Morgan fingerprint density at radius 1 is 1.33 bits per heavy atom. The number of aryl methyl sites for hydroxylation is 1. The number of hydrogen-bond acceptors (Lipinski definition) is 4. The average Bonchev–Trinajstić information content (AvgIpc) is 2.92. The third-order valence-electron chi connectivity index (χ3n) is 3.23. The lowest BCUT2D eigenvalue weighted by Crippen LogP contribution is -2.11. The van der Waals surface area contributed by atoms with Crippen molar-refractivity contribution in [3.8, 4) is 16.9 Å². The number of halogens is 1. The van der Waals surface area contributed by atoms with Crippen molar-refractivity contribution in [3.05, 3.63) is 45.8 Å². The molecule has 0 aliphatic rings. The second-order valence-corrected chi connectivity index (χ2v) is 6.16. The van der Waals surface area contributed by atoms with Gasteiger partial charge in [-0.1, -0.05) is 28.1 Å². The van der Waals surface area contributed by atoms with Gasteiger partial charge in [0.15, 0.2) is 0 Å². The van der Waals surface area contributed by atoms with E-state index in [0.29, 0.717) is 17.6 Å². The van der Waals surface area contributed by atoms with E-state index < -0.39 is 0 Å². The van der Waals surface area contributed by atoms with Crippen LogP contribution in [0.3, 0.4) is 0 Å². The van der Waals surface area contributed by atoms with Gasteiger partial charge in [-0.15, -0.1) is 11.3 Å². The van der Waals surface area contributed by atoms with E-state index in [9.17, 15) is 4.79 Å². The van der Waals surface area contributed by atoms with Gasteiger partial charge in [-0.05, 0) is 17.7 Å². The topological polar surface area (TPSA) is 55.0 Å². The number of hydrogen-bond donors (Lipinski definition) is 1. The number of aromatic amines is 1. The van der Waals surface area contributed by atoms with Gasteiger partial charge in [0.1, 0.15) is 16.4 Å². The van der Waals surface area contributed by atoms with Gasteiger partial charge in [0.05, 0.1) is 12.5 Å². The summed E-state index contributed by atoms with van der Waals surface area (Å²) in [7, 11) is 1.63. The van der Waals surface area contributed by atoms with Crippen molar-refractivity contribution in [3.63, 3.8) is 0 Å². The first-order valence-electron chi connectivity index (χ1n) is 6.43. The normalized spacial score (nSPS) is 11.0. The van der Waals surface area contributed by atoms with E-state index in [1.165, 1.54) is 11.3 Å². The van der Waals surface area contributed by atoms with Crippen molar-refractivity contribution in [2.75, 3.05) is 12.4 Å². The van der Waals surface area contributed by atoms with Gasteiger partial charge >= 0.3 is 0 Å². The molecule has 0 saturated heterocycles. The molecule has 108 valence electrons. The minimum Gasteiger partial charge on any atom is -0.497 e. The maximum atomic E-state index is 12.3. The van der Waals surface area contributed by atoms with Crippen LogP contribution in [0.1, 0.15) is 5.82 Å². The predicted molar refractivity (Wildman–Crippen MR) is 89.7 cm³/mol. The lowest BCUT2D eigenvalue weighted by molar-refractivity contribution is 0.415. The highest BCUT2D eigenvalue weighted by atomic mass is 79.9. The first-order chi connectivity index (χ1) is 10.2. The molecule has 2 aromatic heterocycles. The van der Waals surface area contributed by atoms with Crippen molar-refractivity contribution in [1.29, 1.82) is 0 Å². The first-order valence-corrected chi connectivity index (χ1v) is 8.44. The van der Waals surface area contributed by atoms with E-state index in [2.05, 4.69) is 25.9 Å². The summed E-state index contributed by atoms with van der Waals surface area (Å²) in [5, 5.41) is 3.41. The lowest BCUT2D eigenvalue weighted by Gasteiger charge is -2.03. The summed E-state index contributed by atoms with van der Waals surface area (Å²) in [4.78, 5) is 20.5. The molecule has 0 radical (unpaired) electrons. The minimum atomic E-state index is -0.0805. The molecule has 0 unspecified atom stereocenters. The van der Waals surface area contributed by atoms with Crippen LogP contribution >= 0.6 is 27.3 Å². The van der Waals surface area contributed by atoms with Crippen molar-refractivity contribution in [2.45, 2.75) is 6.42 Å². The standard InChI is InChI=1S/C15H13BrN2O2S/c1-20-10-4-2-9(3-5-10)11-8-21-15-13(11)14(19)17-12(18-15)6-7-16/h2-5,8H,6-7H2,1H3,(H,17,18,19). The molecule has 3 aromatic rings. The molecule has 0 fully saturated rings. The number of benzene rings is 1. The summed E-state index contributed by atoms with van der Waals surface area (Å²) >= 11 is 4.85. The SMILES string of the molecule is COc1ccc(-c2csc3nc(CCBr)[nH]c(=O)c23)cc1. The molecule has 4 nitrogen and oxygen atoms in total. The molecule has 0 bridgehead atoms. The molecule has 6 heteroatoms. The van der Waals surface area contributed by atoms with Crippen molar-refractivity contribution < 1.29 is 4.74 Å². The highest BCUT2D eigenvalue weighted by Crippen LogP contribution is 2.31. The zero-order chi connectivity index (χ0) is 14.8. The molecule has 1 N–H and O–H groups in total. The Bertz CT molecular complexity index is 824. The molecule has 1 aromatic carbocycles. The number of fused-ring (bicyclic) bond motifs is 1. The van der Waals surface area contributed by atoms with Gasteiger partial charge in [-0.25, -0.2) is 4.98 Å². The van der Waals surface area contributed by atoms with E-state index in [1.807, 2.05) is 29.6 Å². The second-order valence-electron chi connectivity index (χ2n) is 4.51. The number of rotatable bonds is 4. The Hall–Kier alpha value is -1.66. The van der Waals surface area contributed by atoms with Crippen LogP contribution < -0.4 is 10.3 Å². The third-order valence-corrected chi connectivity index (χ3v) is 4.49. The summed E-state index contributed by atoms with van der Waals surface area (Å²) in [6.45, 7) is 0. The van der Waals surface area contributed by atoms with Gasteiger partial charge < -0.3 is 9.72 Å². The maximum absolute atomic E-state index is 12.3. The molecule has 2 heterocycles. The molecular formula is C15H13BrN2O2S. The number of aromatic nitrogens is 2. The van der Waals surface area contributed by atoms with Crippen LogP contribution in [-0.4, -0.2) is 22.4 Å². The Labute approximate surface area is 133 Å². The van der Waals surface area contributed by atoms with Crippen LogP contribution in [0.25, 0.3) is 21.3 Å². The summed E-state index contributed by atoms with van der Waals surface area (Å²) in [5.74, 6) is 1.51. The van der Waals surface area contributed by atoms with Crippen LogP contribution in [0.5, 0.6) is 5.75 Å². The fourth-order valence-corrected chi connectivity index (χ4v) is 3.53. The zero-order valence-electron chi connectivity index (χ0n) is 11.4. The highest BCUT2D eigenvalue weighted by molar-refractivity contribution is 9.09. The number of methoxy groups -OCH3 is 1. The molecule has 3 rings (SSSR count). The molecular weight excluding hydrogens is 352 g/mol. The number of H-pyrrole nitrogens is 1. The number of alkyl halides is 1. The second kappa shape index (κ2) is 5.99. The van der Waals surface area contributed by atoms with Crippen molar-refractivity contribution >= 4 is 37.5 Å².